The number of nitrogens with zero attached hydrogens (tertiary/aromatic N) is 4. The molecule has 0 saturated carbocycles. The first-order valence-corrected chi connectivity index (χ1v) is 7.81. The number of hydrogen-bond acceptors (Lipinski definition) is 4. The van der Waals surface area contributed by atoms with E-state index >= 15 is 0 Å². The highest BCUT2D eigenvalue weighted by atomic mass is 19.1. The second kappa shape index (κ2) is 6.18. The Morgan fingerprint density at radius 3 is 2.46 bits per heavy atom. The van der Waals surface area contributed by atoms with Crippen LogP contribution in [0.5, 0.6) is 0 Å². The van der Waals surface area contributed by atoms with Crippen molar-refractivity contribution in [1.29, 1.82) is 5.26 Å². The molecule has 4 rings (SSSR count). The number of nitriles is 1. The lowest BCUT2D eigenvalue weighted by Crippen LogP contribution is -2.00. The quantitative estimate of drug-likeness (QED) is 0.594. The van der Waals surface area contributed by atoms with Crippen molar-refractivity contribution in [3.63, 3.8) is 0 Å². The molecule has 2 heterocycles. The molecule has 126 valence electrons. The maximum absolute atomic E-state index is 14.0. The molecule has 0 radical (unpaired) electrons. The average molecular weight is 344 g/mol. The van der Waals surface area contributed by atoms with Gasteiger partial charge in [0.1, 0.15) is 17.7 Å². The van der Waals surface area contributed by atoms with Gasteiger partial charge in [-0.15, -0.1) is 0 Å². The van der Waals surface area contributed by atoms with Gasteiger partial charge in [0.25, 0.3) is 0 Å². The number of nitrogen functional groups attached to an aromatic ring is 1. The summed E-state index contributed by atoms with van der Waals surface area (Å²) in [4.78, 5) is 0. The second-order valence-electron chi connectivity index (χ2n) is 5.71. The van der Waals surface area contributed by atoms with Crippen molar-refractivity contribution in [1.82, 2.24) is 20.0 Å². The molecule has 3 N–H and O–H groups in total. The Balaban J connectivity index is 1.77. The van der Waals surface area contributed by atoms with Crippen molar-refractivity contribution >= 4 is 5.82 Å². The van der Waals surface area contributed by atoms with Crippen LogP contribution in [0, 0.1) is 17.1 Å². The summed E-state index contributed by atoms with van der Waals surface area (Å²) in [5, 5.41) is 19.9. The normalized spacial score (nSPS) is 10.6. The summed E-state index contributed by atoms with van der Waals surface area (Å²) in [6.07, 6.45) is 3.55. The first-order chi connectivity index (χ1) is 12.7. The minimum atomic E-state index is -0.577. The Morgan fingerprint density at radius 2 is 1.81 bits per heavy atom. The van der Waals surface area contributed by atoms with E-state index < -0.39 is 5.82 Å². The molecular formula is C19H13FN6. The Hall–Kier alpha value is -3.92. The van der Waals surface area contributed by atoms with E-state index in [-0.39, 0.29) is 5.56 Å². The van der Waals surface area contributed by atoms with Gasteiger partial charge in [-0.05, 0) is 29.8 Å². The van der Waals surface area contributed by atoms with Crippen molar-refractivity contribution in [2.45, 2.75) is 0 Å². The predicted molar refractivity (Wildman–Crippen MR) is 95.7 cm³/mol. The van der Waals surface area contributed by atoms with Gasteiger partial charge in [-0.1, -0.05) is 18.2 Å². The highest BCUT2D eigenvalue weighted by Gasteiger charge is 2.13. The zero-order valence-electron chi connectivity index (χ0n) is 13.5. The maximum atomic E-state index is 14.0. The number of rotatable bonds is 3. The van der Waals surface area contributed by atoms with Gasteiger partial charge in [-0.3, -0.25) is 5.10 Å². The fraction of sp³-hybridized carbons (Fsp3) is 0. The first kappa shape index (κ1) is 15.6. The maximum Gasteiger partial charge on any atom is 0.146 e. The van der Waals surface area contributed by atoms with Crippen molar-refractivity contribution in [2.24, 2.45) is 0 Å². The summed E-state index contributed by atoms with van der Waals surface area (Å²) < 4.78 is 15.6. The molecule has 4 aromatic rings. The van der Waals surface area contributed by atoms with Crippen LogP contribution in [0.2, 0.25) is 0 Å². The lowest BCUT2D eigenvalue weighted by Gasteiger charge is -2.09. The summed E-state index contributed by atoms with van der Waals surface area (Å²) in [5.74, 6) is -0.254. The summed E-state index contributed by atoms with van der Waals surface area (Å²) in [7, 11) is 0. The van der Waals surface area contributed by atoms with Gasteiger partial charge in [-0.2, -0.15) is 15.5 Å². The number of hydrogen-bond donors (Lipinski definition) is 2. The van der Waals surface area contributed by atoms with Crippen molar-refractivity contribution in [3.8, 4) is 34.1 Å². The molecule has 0 aliphatic rings. The molecule has 0 unspecified atom stereocenters. The summed E-state index contributed by atoms with van der Waals surface area (Å²) >= 11 is 0. The fourth-order valence-corrected chi connectivity index (χ4v) is 2.77. The zero-order chi connectivity index (χ0) is 18.1. The van der Waals surface area contributed by atoms with E-state index in [0.29, 0.717) is 17.1 Å². The lowest BCUT2D eigenvalue weighted by molar-refractivity contribution is 0.624. The number of aromatic amines is 1. The van der Waals surface area contributed by atoms with Crippen LogP contribution in [-0.2, 0) is 0 Å². The van der Waals surface area contributed by atoms with E-state index in [1.807, 2.05) is 36.5 Å². The van der Waals surface area contributed by atoms with Gasteiger partial charge < -0.3 is 5.73 Å². The van der Waals surface area contributed by atoms with E-state index in [1.165, 1.54) is 12.1 Å². The number of halogens is 1. The zero-order valence-corrected chi connectivity index (χ0v) is 13.5. The molecule has 6 nitrogen and oxygen atoms in total. The third kappa shape index (κ3) is 2.70. The van der Waals surface area contributed by atoms with Crippen molar-refractivity contribution in [3.05, 3.63) is 72.3 Å². The van der Waals surface area contributed by atoms with E-state index in [9.17, 15) is 4.39 Å². The van der Waals surface area contributed by atoms with Crippen LogP contribution in [0.3, 0.4) is 0 Å². The van der Waals surface area contributed by atoms with Crippen molar-refractivity contribution < 1.29 is 4.39 Å². The van der Waals surface area contributed by atoms with Crippen LogP contribution in [0.4, 0.5) is 10.2 Å². The number of H-pyrrole nitrogens is 1. The SMILES string of the molecule is N#Cc1ccc(-c2cc(N)nn2-c2ccc(-c3cn[nH]c3)cc2)cc1F. The number of anilines is 1. The number of benzene rings is 2. The fourth-order valence-electron chi connectivity index (χ4n) is 2.77. The number of nitrogens with two attached hydrogens (primary N) is 1. The predicted octanol–water partition coefficient (Wildman–Crippen LogP) is 3.52. The lowest BCUT2D eigenvalue weighted by atomic mass is 10.1. The topological polar surface area (TPSA) is 96.3 Å². The Kier molecular flexibility index (Phi) is 3.71. The van der Waals surface area contributed by atoms with E-state index in [2.05, 4.69) is 15.3 Å². The van der Waals surface area contributed by atoms with Gasteiger partial charge >= 0.3 is 0 Å². The van der Waals surface area contributed by atoms with Gasteiger partial charge in [0.05, 0.1) is 23.1 Å². The molecule has 0 aliphatic carbocycles. The van der Waals surface area contributed by atoms with Gasteiger partial charge in [0.2, 0.25) is 0 Å². The molecule has 2 aromatic heterocycles. The number of aromatic nitrogens is 4. The molecule has 0 saturated heterocycles. The number of nitrogens with one attached hydrogen (secondary N) is 1. The first-order valence-electron chi connectivity index (χ1n) is 7.81. The van der Waals surface area contributed by atoms with E-state index in [1.54, 1.807) is 23.0 Å². The molecule has 0 spiro atoms. The van der Waals surface area contributed by atoms with Crippen LogP contribution in [-0.4, -0.2) is 20.0 Å². The molecule has 26 heavy (non-hydrogen) atoms. The van der Waals surface area contributed by atoms with Crippen LogP contribution in [0.1, 0.15) is 5.56 Å². The standard InChI is InChI=1S/C19H13FN6/c20-17-7-13(1-2-14(17)9-21)18-8-19(22)25-26(18)16-5-3-12(4-6-16)15-10-23-24-11-15/h1-8,10-11H,(H2,22,25)(H,23,24). The molecule has 0 amide bonds. The van der Waals surface area contributed by atoms with Gasteiger partial charge in [-0.25, -0.2) is 9.07 Å². The molecule has 0 aliphatic heterocycles. The molecule has 2 aromatic carbocycles. The Bertz CT molecular complexity index is 1100. The third-order valence-corrected chi connectivity index (χ3v) is 4.06. The van der Waals surface area contributed by atoms with Gasteiger partial charge in [0.15, 0.2) is 0 Å². The van der Waals surface area contributed by atoms with E-state index in [4.69, 9.17) is 11.0 Å². The summed E-state index contributed by atoms with van der Waals surface area (Å²) in [5.41, 5.74) is 9.86. The summed E-state index contributed by atoms with van der Waals surface area (Å²) in [6.45, 7) is 0. The highest BCUT2D eigenvalue weighted by Crippen LogP contribution is 2.27. The second-order valence-corrected chi connectivity index (χ2v) is 5.71. The molecule has 7 heteroatoms. The largest absolute Gasteiger partial charge is 0.382 e. The average Bonchev–Trinajstić information content (AvgIpc) is 3.31. The molecule has 0 bridgehead atoms. The Morgan fingerprint density at radius 1 is 1.04 bits per heavy atom. The van der Waals surface area contributed by atoms with Gasteiger partial charge in [0, 0.05) is 23.4 Å². The molecule has 0 atom stereocenters. The van der Waals surface area contributed by atoms with Crippen LogP contribution < -0.4 is 5.73 Å². The smallest absolute Gasteiger partial charge is 0.146 e. The van der Waals surface area contributed by atoms with Crippen molar-refractivity contribution in [2.75, 3.05) is 5.73 Å². The highest BCUT2D eigenvalue weighted by molar-refractivity contribution is 5.68. The van der Waals surface area contributed by atoms with Crippen LogP contribution in [0.15, 0.2) is 60.9 Å². The molecular weight excluding hydrogens is 331 g/mol. The third-order valence-electron chi connectivity index (χ3n) is 4.06. The van der Waals surface area contributed by atoms with Crippen LogP contribution >= 0.6 is 0 Å². The minimum absolute atomic E-state index is 0.00254. The monoisotopic (exact) mass is 344 g/mol. The van der Waals surface area contributed by atoms with Crippen LogP contribution in [0.25, 0.3) is 28.1 Å². The Labute approximate surface area is 148 Å². The minimum Gasteiger partial charge on any atom is -0.382 e. The van der Waals surface area contributed by atoms with E-state index in [0.717, 1.165) is 16.8 Å². The molecule has 0 fully saturated rings. The summed E-state index contributed by atoms with van der Waals surface area (Å²) in [6, 6.07) is 15.6.